The molecule has 0 N–H and O–H groups in total. The number of hydrogen-bond donors (Lipinski definition) is 0. The zero-order chi connectivity index (χ0) is 14.9. The lowest BCUT2D eigenvalue weighted by Gasteiger charge is -2.52. The fourth-order valence-electron chi connectivity index (χ4n) is 3.59. The average Bonchev–Trinajstić information content (AvgIpc) is 2.80. The van der Waals surface area contributed by atoms with Gasteiger partial charge in [-0.25, -0.2) is 0 Å². The van der Waals surface area contributed by atoms with Gasteiger partial charge < -0.3 is 9.64 Å². The van der Waals surface area contributed by atoms with Crippen molar-refractivity contribution in [2.75, 3.05) is 39.9 Å². The van der Waals surface area contributed by atoms with Crippen LogP contribution in [-0.4, -0.2) is 66.1 Å². The van der Waals surface area contributed by atoms with E-state index in [1.807, 2.05) is 11.8 Å². The van der Waals surface area contributed by atoms with E-state index in [2.05, 4.69) is 16.9 Å². The molecule has 2 aliphatic rings. The molecule has 0 aliphatic carbocycles. The van der Waals surface area contributed by atoms with Crippen LogP contribution in [0.15, 0.2) is 24.5 Å². The predicted molar refractivity (Wildman–Crippen MR) is 80.1 cm³/mol. The van der Waals surface area contributed by atoms with Crippen LogP contribution in [0.2, 0.25) is 0 Å². The molecule has 1 spiro atoms. The van der Waals surface area contributed by atoms with Crippen molar-refractivity contribution >= 4 is 5.91 Å². The third kappa shape index (κ3) is 2.68. The maximum atomic E-state index is 12.4. The van der Waals surface area contributed by atoms with Gasteiger partial charge in [0.15, 0.2) is 0 Å². The van der Waals surface area contributed by atoms with Crippen LogP contribution in [0.3, 0.4) is 0 Å². The molecule has 0 aromatic carbocycles. The molecule has 1 aromatic heterocycles. The number of likely N-dealkylation sites (tertiary alicyclic amines) is 2. The molecule has 0 unspecified atom stereocenters. The third-order valence-corrected chi connectivity index (χ3v) is 4.75. The molecule has 0 bridgehead atoms. The molecule has 5 nitrogen and oxygen atoms in total. The van der Waals surface area contributed by atoms with E-state index in [9.17, 15) is 4.79 Å². The van der Waals surface area contributed by atoms with Crippen molar-refractivity contribution in [3.63, 3.8) is 0 Å². The summed E-state index contributed by atoms with van der Waals surface area (Å²) < 4.78 is 5.56. The van der Waals surface area contributed by atoms with Crippen LogP contribution in [0.5, 0.6) is 0 Å². The van der Waals surface area contributed by atoms with Crippen LogP contribution in [0.25, 0.3) is 0 Å². The molecule has 2 fully saturated rings. The Kier molecular flexibility index (Phi) is 3.95. The van der Waals surface area contributed by atoms with Crippen molar-refractivity contribution < 1.29 is 9.53 Å². The molecule has 1 atom stereocenters. The Labute approximate surface area is 125 Å². The Morgan fingerprint density at radius 3 is 2.81 bits per heavy atom. The van der Waals surface area contributed by atoms with Gasteiger partial charge in [0, 0.05) is 44.2 Å². The highest BCUT2D eigenvalue weighted by molar-refractivity contribution is 5.94. The van der Waals surface area contributed by atoms with E-state index in [1.54, 1.807) is 24.5 Å². The molecule has 2 aliphatic heterocycles. The van der Waals surface area contributed by atoms with Crippen molar-refractivity contribution in [1.29, 1.82) is 0 Å². The van der Waals surface area contributed by atoms with Gasteiger partial charge in [0.05, 0.1) is 12.1 Å². The van der Waals surface area contributed by atoms with E-state index in [0.717, 1.165) is 44.8 Å². The second kappa shape index (κ2) is 5.73. The standard InChI is InChI=1S/C16H23N3O2/c1-3-21-10-13-8-16(18(2)9-13)11-19(12-16)15(20)14-4-6-17-7-5-14/h4-7,13H,3,8-12H2,1-2H3/t13-/m0/s1. The topological polar surface area (TPSA) is 45.7 Å². The summed E-state index contributed by atoms with van der Waals surface area (Å²) in [4.78, 5) is 20.7. The first-order chi connectivity index (χ1) is 10.1. The van der Waals surface area contributed by atoms with Crippen LogP contribution in [0.4, 0.5) is 0 Å². The van der Waals surface area contributed by atoms with Gasteiger partial charge >= 0.3 is 0 Å². The molecule has 1 amide bonds. The molecule has 3 rings (SSSR count). The molecule has 21 heavy (non-hydrogen) atoms. The Bertz CT molecular complexity index is 500. The lowest BCUT2D eigenvalue weighted by molar-refractivity contribution is -0.00794. The van der Waals surface area contributed by atoms with Crippen LogP contribution in [0.1, 0.15) is 23.7 Å². The summed E-state index contributed by atoms with van der Waals surface area (Å²) >= 11 is 0. The maximum absolute atomic E-state index is 12.4. The van der Waals surface area contributed by atoms with E-state index < -0.39 is 0 Å². The number of pyridine rings is 1. The van der Waals surface area contributed by atoms with Gasteiger partial charge in [0.1, 0.15) is 0 Å². The number of aromatic nitrogens is 1. The highest BCUT2D eigenvalue weighted by Gasteiger charge is 2.53. The minimum atomic E-state index is 0.115. The molecule has 114 valence electrons. The Hall–Kier alpha value is -1.46. The molecule has 0 radical (unpaired) electrons. The predicted octanol–water partition coefficient (Wildman–Crippen LogP) is 1.26. The summed E-state index contributed by atoms with van der Waals surface area (Å²) in [6.07, 6.45) is 4.47. The van der Waals surface area contributed by atoms with E-state index in [4.69, 9.17) is 4.74 Å². The first kappa shape index (κ1) is 14.5. The highest BCUT2D eigenvalue weighted by Crippen LogP contribution is 2.39. The number of carbonyl (C=O) groups excluding carboxylic acids is 1. The first-order valence-electron chi connectivity index (χ1n) is 7.63. The third-order valence-electron chi connectivity index (χ3n) is 4.75. The minimum absolute atomic E-state index is 0.115. The number of rotatable bonds is 4. The molecule has 0 saturated carbocycles. The molecule has 2 saturated heterocycles. The van der Waals surface area contributed by atoms with Crippen molar-refractivity contribution in [2.45, 2.75) is 18.9 Å². The van der Waals surface area contributed by atoms with Gasteiger partial charge in [-0.2, -0.15) is 0 Å². The minimum Gasteiger partial charge on any atom is -0.381 e. The van der Waals surface area contributed by atoms with Crippen molar-refractivity contribution in [3.8, 4) is 0 Å². The highest BCUT2D eigenvalue weighted by atomic mass is 16.5. The lowest BCUT2D eigenvalue weighted by atomic mass is 9.84. The SMILES string of the molecule is CCOC[C@@H]1CN(C)C2(C1)CN(C(=O)c1ccncc1)C2. The van der Waals surface area contributed by atoms with Crippen LogP contribution < -0.4 is 0 Å². The monoisotopic (exact) mass is 289 g/mol. The van der Waals surface area contributed by atoms with Crippen molar-refractivity contribution in [2.24, 2.45) is 5.92 Å². The largest absolute Gasteiger partial charge is 0.381 e. The molecule has 5 heteroatoms. The van der Waals surface area contributed by atoms with E-state index in [-0.39, 0.29) is 11.4 Å². The summed E-state index contributed by atoms with van der Waals surface area (Å²) in [7, 11) is 2.17. The van der Waals surface area contributed by atoms with Crippen LogP contribution in [-0.2, 0) is 4.74 Å². The summed E-state index contributed by atoms with van der Waals surface area (Å²) in [6, 6.07) is 3.56. The number of nitrogens with zero attached hydrogens (tertiary/aromatic N) is 3. The quantitative estimate of drug-likeness (QED) is 0.837. The molecular formula is C16H23N3O2. The number of ether oxygens (including phenoxy) is 1. The Balaban J connectivity index is 1.58. The zero-order valence-electron chi connectivity index (χ0n) is 12.8. The number of amides is 1. The van der Waals surface area contributed by atoms with Gasteiger partial charge in [0.2, 0.25) is 0 Å². The normalized spacial score (nSPS) is 24.3. The number of hydrogen-bond acceptors (Lipinski definition) is 4. The summed E-state index contributed by atoms with van der Waals surface area (Å²) in [5, 5.41) is 0. The first-order valence-corrected chi connectivity index (χ1v) is 7.63. The second-order valence-electron chi connectivity index (χ2n) is 6.23. The lowest BCUT2D eigenvalue weighted by Crippen LogP contribution is -2.68. The summed E-state index contributed by atoms with van der Waals surface area (Å²) in [6.45, 7) is 6.37. The van der Waals surface area contributed by atoms with E-state index in [1.165, 1.54) is 0 Å². The van der Waals surface area contributed by atoms with Gasteiger partial charge in [-0.05, 0) is 38.4 Å². The second-order valence-corrected chi connectivity index (χ2v) is 6.23. The summed E-state index contributed by atoms with van der Waals surface area (Å²) in [5.74, 6) is 0.706. The number of carbonyl (C=O) groups is 1. The Morgan fingerprint density at radius 2 is 2.14 bits per heavy atom. The van der Waals surface area contributed by atoms with Crippen LogP contribution in [0, 0.1) is 5.92 Å². The fourth-order valence-corrected chi connectivity index (χ4v) is 3.59. The van der Waals surface area contributed by atoms with Gasteiger partial charge in [-0.15, -0.1) is 0 Å². The van der Waals surface area contributed by atoms with Crippen molar-refractivity contribution in [1.82, 2.24) is 14.8 Å². The maximum Gasteiger partial charge on any atom is 0.254 e. The fraction of sp³-hybridized carbons (Fsp3) is 0.625. The van der Waals surface area contributed by atoms with Gasteiger partial charge in [-0.3, -0.25) is 14.7 Å². The van der Waals surface area contributed by atoms with Gasteiger partial charge in [-0.1, -0.05) is 0 Å². The van der Waals surface area contributed by atoms with Crippen LogP contribution >= 0.6 is 0 Å². The van der Waals surface area contributed by atoms with Crippen molar-refractivity contribution in [3.05, 3.63) is 30.1 Å². The Morgan fingerprint density at radius 1 is 1.43 bits per heavy atom. The number of likely N-dealkylation sites (N-methyl/N-ethyl adjacent to an activating group) is 1. The van der Waals surface area contributed by atoms with Gasteiger partial charge in [0.25, 0.3) is 5.91 Å². The smallest absolute Gasteiger partial charge is 0.254 e. The van der Waals surface area contributed by atoms with E-state index in [0.29, 0.717) is 5.92 Å². The molecular weight excluding hydrogens is 266 g/mol. The van der Waals surface area contributed by atoms with E-state index >= 15 is 0 Å². The molecule has 1 aromatic rings. The summed E-state index contributed by atoms with van der Waals surface area (Å²) in [5.41, 5.74) is 0.899. The molecule has 3 heterocycles. The zero-order valence-corrected chi connectivity index (χ0v) is 12.8. The average molecular weight is 289 g/mol.